The predicted molar refractivity (Wildman–Crippen MR) is 88.9 cm³/mol. The van der Waals surface area contributed by atoms with Gasteiger partial charge in [-0.15, -0.1) is 0 Å². The normalized spacial score (nSPS) is 11.0. The molecule has 3 aromatic rings. The smallest absolute Gasteiger partial charge is 0.267 e. The van der Waals surface area contributed by atoms with Crippen LogP contribution in [0.1, 0.15) is 16.1 Å². The number of hydrogen-bond donors (Lipinski definition) is 2. The Morgan fingerprint density at radius 3 is 2.57 bits per heavy atom. The van der Waals surface area contributed by atoms with E-state index in [9.17, 15) is 9.59 Å². The van der Waals surface area contributed by atoms with Gasteiger partial charge in [0.2, 0.25) is 0 Å². The Labute approximate surface area is 135 Å². The average Bonchev–Trinajstić information content (AvgIpc) is 2.57. The predicted octanol–water partition coefficient (Wildman–Crippen LogP) is 2.34. The van der Waals surface area contributed by atoms with Crippen LogP contribution in [0.2, 0.25) is 5.02 Å². The number of nitrogens with zero attached hydrogens (tertiary/aromatic N) is 2. The van der Waals surface area contributed by atoms with Gasteiger partial charge in [0.1, 0.15) is 0 Å². The molecule has 0 aliphatic carbocycles. The molecular formula is C16H11ClN4O2. The quantitative estimate of drug-likeness (QED) is 0.572. The van der Waals surface area contributed by atoms with E-state index >= 15 is 0 Å². The van der Waals surface area contributed by atoms with Crippen LogP contribution in [0.15, 0.2) is 58.4 Å². The van der Waals surface area contributed by atoms with Crippen LogP contribution in [0.4, 0.5) is 0 Å². The molecule has 1 heterocycles. The second kappa shape index (κ2) is 6.41. The fraction of sp³-hybridized carbons (Fsp3) is 0. The lowest BCUT2D eigenvalue weighted by molar-refractivity contribution is 0.0951. The van der Waals surface area contributed by atoms with Gasteiger partial charge in [-0.2, -0.15) is 10.2 Å². The maximum absolute atomic E-state index is 12.2. The number of hydrogen-bond acceptors (Lipinski definition) is 4. The molecule has 0 radical (unpaired) electrons. The lowest BCUT2D eigenvalue weighted by atomic mass is 10.1. The van der Waals surface area contributed by atoms with Gasteiger partial charge >= 0.3 is 0 Å². The van der Waals surface area contributed by atoms with Gasteiger partial charge in [-0.25, -0.2) is 10.5 Å². The van der Waals surface area contributed by atoms with E-state index in [1.54, 1.807) is 48.5 Å². The standard InChI is InChI=1S/C16H11ClN4O2/c17-11-7-5-10(6-8-11)9-18-20-16(23)14-12-3-1-2-4-13(12)15(22)21-19-14/h1-9H,(H,20,23)(H,21,22)/b18-9-. The summed E-state index contributed by atoms with van der Waals surface area (Å²) in [5, 5.41) is 11.5. The zero-order valence-corrected chi connectivity index (χ0v) is 12.5. The van der Waals surface area contributed by atoms with E-state index in [2.05, 4.69) is 20.7 Å². The van der Waals surface area contributed by atoms with Gasteiger partial charge < -0.3 is 0 Å². The molecule has 2 N–H and O–H groups in total. The number of H-pyrrole nitrogens is 1. The minimum absolute atomic E-state index is 0.105. The number of benzene rings is 2. The van der Waals surface area contributed by atoms with Gasteiger partial charge in [0.05, 0.1) is 11.6 Å². The number of aromatic nitrogens is 2. The van der Waals surface area contributed by atoms with Gasteiger partial charge in [0, 0.05) is 10.4 Å². The lowest BCUT2D eigenvalue weighted by Crippen LogP contribution is -2.22. The first kappa shape index (κ1) is 14.9. The van der Waals surface area contributed by atoms with Crippen molar-refractivity contribution in [1.82, 2.24) is 15.6 Å². The number of nitrogens with one attached hydrogen (secondary N) is 2. The van der Waals surface area contributed by atoms with Crippen LogP contribution in [-0.2, 0) is 0 Å². The molecule has 0 atom stereocenters. The molecule has 0 saturated heterocycles. The van der Waals surface area contributed by atoms with Crippen LogP contribution in [0.25, 0.3) is 10.8 Å². The Balaban J connectivity index is 1.83. The Morgan fingerprint density at radius 2 is 1.83 bits per heavy atom. The van der Waals surface area contributed by atoms with Crippen molar-refractivity contribution in [2.75, 3.05) is 0 Å². The van der Waals surface area contributed by atoms with Gasteiger partial charge in [0.15, 0.2) is 5.69 Å². The van der Waals surface area contributed by atoms with E-state index in [0.29, 0.717) is 15.8 Å². The van der Waals surface area contributed by atoms with Crippen molar-refractivity contribution < 1.29 is 4.79 Å². The largest absolute Gasteiger partial charge is 0.292 e. The highest BCUT2D eigenvalue weighted by Gasteiger charge is 2.12. The van der Waals surface area contributed by atoms with Gasteiger partial charge in [-0.05, 0) is 23.8 Å². The van der Waals surface area contributed by atoms with Crippen LogP contribution >= 0.6 is 11.6 Å². The summed E-state index contributed by atoms with van der Waals surface area (Å²) in [5.74, 6) is -0.511. The van der Waals surface area contributed by atoms with Crippen molar-refractivity contribution in [2.24, 2.45) is 5.10 Å². The first-order valence-electron chi connectivity index (χ1n) is 6.71. The number of fused-ring (bicyclic) bond motifs is 1. The number of rotatable bonds is 3. The fourth-order valence-corrected chi connectivity index (χ4v) is 2.18. The van der Waals surface area contributed by atoms with E-state index in [1.165, 1.54) is 6.21 Å². The van der Waals surface area contributed by atoms with E-state index in [4.69, 9.17) is 11.6 Å². The van der Waals surface area contributed by atoms with Crippen LogP contribution in [0.5, 0.6) is 0 Å². The Morgan fingerprint density at radius 1 is 1.13 bits per heavy atom. The van der Waals surface area contributed by atoms with Gasteiger partial charge in [0.25, 0.3) is 11.5 Å². The zero-order valence-electron chi connectivity index (χ0n) is 11.8. The highest BCUT2D eigenvalue weighted by Crippen LogP contribution is 2.12. The first-order chi connectivity index (χ1) is 11.1. The first-order valence-corrected chi connectivity index (χ1v) is 7.09. The van der Waals surface area contributed by atoms with Crippen molar-refractivity contribution in [3.8, 4) is 0 Å². The van der Waals surface area contributed by atoms with Crippen molar-refractivity contribution in [3.05, 3.63) is 75.2 Å². The van der Waals surface area contributed by atoms with Crippen LogP contribution in [0.3, 0.4) is 0 Å². The number of amides is 1. The summed E-state index contributed by atoms with van der Waals surface area (Å²) in [5.41, 5.74) is 2.93. The molecule has 6 nitrogen and oxygen atoms in total. The lowest BCUT2D eigenvalue weighted by Gasteiger charge is -2.03. The summed E-state index contributed by atoms with van der Waals surface area (Å²) >= 11 is 5.79. The van der Waals surface area contributed by atoms with Crippen molar-refractivity contribution in [1.29, 1.82) is 0 Å². The second-order valence-electron chi connectivity index (χ2n) is 4.70. The second-order valence-corrected chi connectivity index (χ2v) is 5.13. The molecule has 0 aliphatic heterocycles. The molecule has 7 heteroatoms. The molecule has 114 valence electrons. The molecule has 0 aliphatic rings. The van der Waals surface area contributed by atoms with E-state index < -0.39 is 5.91 Å². The Hall–Kier alpha value is -2.99. The molecule has 2 aromatic carbocycles. The maximum atomic E-state index is 12.2. The molecule has 0 spiro atoms. The van der Waals surface area contributed by atoms with E-state index in [-0.39, 0.29) is 11.3 Å². The topological polar surface area (TPSA) is 87.2 Å². The fourth-order valence-electron chi connectivity index (χ4n) is 2.06. The number of halogens is 1. The summed E-state index contributed by atoms with van der Waals surface area (Å²) < 4.78 is 0. The summed E-state index contributed by atoms with van der Waals surface area (Å²) in [6.07, 6.45) is 1.49. The molecule has 23 heavy (non-hydrogen) atoms. The number of carbonyl (C=O) groups excluding carboxylic acids is 1. The number of hydrazone groups is 1. The summed E-state index contributed by atoms with van der Waals surface area (Å²) in [4.78, 5) is 23.9. The minimum Gasteiger partial charge on any atom is -0.267 e. The zero-order chi connectivity index (χ0) is 16.2. The van der Waals surface area contributed by atoms with Crippen LogP contribution in [0, 0.1) is 0 Å². The third-order valence-corrected chi connectivity index (χ3v) is 3.41. The molecule has 0 saturated carbocycles. The van der Waals surface area contributed by atoms with Crippen LogP contribution < -0.4 is 11.0 Å². The van der Waals surface area contributed by atoms with Gasteiger partial charge in [-0.1, -0.05) is 41.9 Å². The van der Waals surface area contributed by atoms with Crippen molar-refractivity contribution >= 4 is 34.5 Å². The maximum Gasteiger partial charge on any atom is 0.292 e. The molecular weight excluding hydrogens is 316 g/mol. The SMILES string of the molecule is O=C(N/N=C\c1ccc(Cl)cc1)c1n[nH]c(=O)c2ccccc12. The highest BCUT2D eigenvalue weighted by molar-refractivity contribution is 6.30. The van der Waals surface area contributed by atoms with Crippen molar-refractivity contribution in [2.45, 2.75) is 0 Å². The van der Waals surface area contributed by atoms with E-state index in [0.717, 1.165) is 5.56 Å². The summed E-state index contributed by atoms with van der Waals surface area (Å²) in [6.45, 7) is 0. The van der Waals surface area contributed by atoms with Gasteiger partial charge in [-0.3, -0.25) is 9.59 Å². The average molecular weight is 327 g/mol. The molecule has 1 aromatic heterocycles. The third-order valence-electron chi connectivity index (χ3n) is 3.16. The summed E-state index contributed by atoms with van der Waals surface area (Å²) in [7, 11) is 0. The van der Waals surface area contributed by atoms with Crippen molar-refractivity contribution in [3.63, 3.8) is 0 Å². The molecule has 0 bridgehead atoms. The minimum atomic E-state index is -0.511. The molecule has 3 rings (SSSR count). The highest BCUT2D eigenvalue weighted by atomic mass is 35.5. The summed E-state index contributed by atoms with van der Waals surface area (Å²) in [6, 6.07) is 13.7. The van der Waals surface area contributed by atoms with Crippen LogP contribution in [-0.4, -0.2) is 22.3 Å². The number of aromatic amines is 1. The molecule has 0 fully saturated rings. The number of carbonyl (C=O) groups is 1. The van der Waals surface area contributed by atoms with E-state index in [1.807, 2.05) is 0 Å². The molecule has 1 amide bonds. The third kappa shape index (κ3) is 3.27. The Bertz CT molecular complexity index is 948. The Kier molecular flexibility index (Phi) is 4.16. The molecule has 0 unspecified atom stereocenters. The monoisotopic (exact) mass is 326 g/mol.